The summed E-state index contributed by atoms with van der Waals surface area (Å²) in [5, 5.41) is 7.61. The van der Waals surface area contributed by atoms with Crippen molar-refractivity contribution in [2.45, 2.75) is 33.6 Å². The number of nitrogens with zero attached hydrogens (tertiary/aromatic N) is 1. The molecule has 110 valence electrons. The number of benzene rings is 1. The normalized spacial score (nSPS) is 17.3. The molecule has 0 radical (unpaired) electrons. The lowest BCUT2D eigenvalue weighted by Crippen LogP contribution is -2.39. The van der Waals surface area contributed by atoms with E-state index in [1.165, 1.54) is 12.1 Å². The third kappa shape index (κ3) is 3.11. The Labute approximate surface area is 120 Å². The maximum atomic E-state index is 13.3. The highest BCUT2D eigenvalue weighted by molar-refractivity contribution is 6.00. The van der Waals surface area contributed by atoms with Crippen LogP contribution in [0.3, 0.4) is 0 Å². The van der Waals surface area contributed by atoms with Gasteiger partial charge in [0, 0.05) is 24.3 Å². The number of nitrogens with two attached hydrogens (primary N) is 1. The Morgan fingerprint density at radius 1 is 1.30 bits per heavy atom. The average molecular weight is 277 g/mol. The van der Waals surface area contributed by atoms with Crippen LogP contribution in [0.25, 0.3) is 0 Å². The smallest absolute Gasteiger partial charge is 0.125 e. The lowest BCUT2D eigenvalue weighted by Gasteiger charge is -2.40. The first-order valence-electron chi connectivity index (χ1n) is 7.18. The maximum Gasteiger partial charge on any atom is 0.125 e. The predicted molar refractivity (Wildman–Crippen MR) is 81.8 cm³/mol. The fourth-order valence-electron chi connectivity index (χ4n) is 2.99. The molecule has 1 fully saturated rings. The molecule has 1 aromatic carbocycles. The summed E-state index contributed by atoms with van der Waals surface area (Å²) in [6.45, 7) is 8.73. The maximum absolute atomic E-state index is 13.3. The fraction of sp³-hybridized carbons (Fsp3) is 0.562. The van der Waals surface area contributed by atoms with Crippen LogP contribution < -0.4 is 10.6 Å². The van der Waals surface area contributed by atoms with E-state index >= 15 is 0 Å². The van der Waals surface area contributed by atoms with Gasteiger partial charge in [0.05, 0.1) is 0 Å². The zero-order chi connectivity index (χ0) is 14.9. The van der Waals surface area contributed by atoms with Crippen LogP contribution in [-0.2, 0) is 0 Å². The van der Waals surface area contributed by atoms with Gasteiger partial charge in [0.2, 0.25) is 0 Å². The van der Waals surface area contributed by atoms with Crippen molar-refractivity contribution in [3.05, 3.63) is 29.6 Å². The number of hydrogen-bond acceptors (Lipinski definition) is 2. The molecule has 1 aromatic rings. The van der Waals surface area contributed by atoms with E-state index in [2.05, 4.69) is 25.7 Å². The average Bonchev–Trinajstić information content (AvgIpc) is 2.37. The third-order valence-electron chi connectivity index (χ3n) is 4.31. The van der Waals surface area contributed by atoms with Crippen LogP contribution in [0.15, 0.2) is 18.2 Å². The summed E-state index contributed by atoms with van der Waals surface area (Å²) < 4.78 is 13.3. The van der Waals surface area contributed by atoms with Crippen molar-refractivity contribution in [2.24, 2.45) is 17.1 Å². The van der Waals surface area contributed by atoms with Crippen molar-refractivity contribution < 1.29 is 4.39 Å². The van der Waals surface area contributed by atoms with Gasteiger partial charge in [-0.1, -0.05) is 20.8 Å². The molecular weight excluding hydrogens is 253 g/mol. The molecule has 0 aromatic heterocycles. The number of piperidine rings is 1. The number of halogens is 1. The van der Waals surface area contributed by atoms with Crippen LogP contribution in [0.2, 0.25) is 0 Å². The van der Waals surface area contributed by atoms with Crippen molar-refractivity contribution in [2.75, 3.05) is 18.0 Å². The molecule has 0 amide bonds. The molecule has 3 nitrogen and oxygen atoms in total. The summed E-state index contributed by atoms with van der Waals surface area (Å²) in [4.78, 5) is 2.22. The van der Waals surface area contributed by atoms with E-state index in [0.29, 0.717) is 16.9 Å². The van der Waals surface area contributed by atoms with E-state index in [9.17, 15) is 4.39 Å². The SMILES string of the molecule is CC(C)(C)C1CCN(c2ccc(F)cc2C(=N)N)CC1. The van der Waals surface area contributed by atoms with E-state index in [4.69, 9.17) is 11.1 Å². The van der Waals surface area contributed by atoms with Crippen LogP contribution in [0.4, 0.5) is 10.1 Å². The lowest BCUT2D eigenvalue weighted by atomic mass is 9.75. The second-order valence-corrected chi connectivity index (χ2v) is 6.70. The quantitative estimate of drug-likeness (QED) is 0.643. The second kappa shape index (κ2) is 5.43. The van der Waals surface area contributed by atoms with E-state index in [1.54, 1.807) is 6.07 Å². The van der Waals surface area contributed by atoms with Gasteiger partial charge in [-0.15, -0.1) is 0 Å². The Morgan fingerprint density at radius 2 is 1.90 bits per heavy atom. The van der Waals surface area contributed by atoms with Gasteiger partial charge in [-0.3, -0.25) is 5.41 Å². The lowest BCUT2D eigenvalue weighted by molar-refractivity contribution is 0.199. The molecular formula is C16H24FN3. The number of amidine groups is 1. The zero-order valence-corrected chi connectivity index (χ0v) is 12.5. The first-order valence-corrected chi connectivity index (χ1v) is 7.18. The number of hydrogen-bond donors (Lipinski definition) is 2. The minimum absolute atomic E-state index is 0.0718. The van der Waals surface area contributed by atoms with Crippen molar-refractivity contribution >= 4 is 11.5 Å². The van der Waals surface area contributed by atoms with Crippen molar-refractivity contribution in [3.8, 4) is 0 Å². The Bertz CT molecular complexity index is 497. The van der Waals surface area contributed by atoms with Gasteiger partial charge >= 0.3 is 0 Å². The molecule has 0 bridgehead atoms. The Kier molecular flexibility index (Phi) is 4.02. The van der Waals surface area contributed by atoms with Gasteiger partial charge in [0.25, 0.3) is 0 Å². The van der Waals surface area contributed by atoms with E-state index < -0.39 is 0 Å². The molecule has 1 aliphatic heterocycles. The van der Waals surface area contributed by atoms with E-state index in [-0.39, 0.29) is 11.7 Å². The highest BCUT2D eigenvalue weighted by Crippen LogP contribution is 2.36. The van der Waals surface area contributed by atoms with Gasteiger partial charge < -0.3 is 10.6 Å². The number of rotatable bonds is 2. The Morgan fingerprint density at radius 3 is 2.40 bits per heavy atom. The summed E-state index contributed by atoms with van der Waals surface area (Å²) in [5.74, 6) is 0.293. The highest BCUT2D eigenvalue weighted by Gasteiger charge is 2.29. The van der Waals surface area contributed by atoms with Crippen LogP contribution in [-0.4, -0.2) is 18.9 Å². The summed E-state index contributed by atoms with van der Waals surface area (Å²) in [6.07, 6.45) is 2.25. The van der Waals surface area contributed by atoms with Crippen LogP contribution in [0.5, 0.6) is 0 Å². The second-order valence-electron chi connectivity index (χ2n) is 6.70. The van der Waals surface area contributed by atoms with Crippen molar-refractivity contribution in [1.82, 2.24) is 0 Å². The van der Waals surface area contributed by atoms with Crippen LogP contribution in [0.1, 0.15) is 39.2 Å². The molecule has 3 N–H and O–H groups in total. The third-order valence-corrected chi connectivity index (χ3v) is 4.31. The summed E-state index contributed by atoms with van der Waals surface area (Å²) >= 11 is 0. The first kappa shape index (κ1) is 14.8. The molecule has 4 heteroatoms. The van der Waals surface area contributed by atoms with Gasteiger partial charge in [-0.2, -0.15) is 0 Å². The van der Waals surface area contributed by atoms with Crippen LogP contribution >= 0.6 is 0 Å². The number of nitrogens with one attached hydrogen (secondary N) is 1. The summed E-state index contributed by atoms with van der Waals surface area (Å²) in [5.41, 5.74) is 7.29. The van der Waals surface area contributed by atoms with Crippen molar-refractivity contribution in [3.63, 3.8) is 0 Å². The fourth-order valence-corrected chi connectivity index (χ4v) is 2.99. The van der Waals surface area contributed by atoms with Gasteiger partial charge in [-0.05, 0) is 42.4 Å². The monoisotopic (exact) mass is 277 g/mol. The summed E-state index contributed by atoms with van der Waals surface area (Å²) in [6, 6.07) is 4.54. The molecule has 0 unspecified atom stereocenters. The predicted octanol–water partition coefficient (Wildman–Crippen LogP) is 3.37. The minimum Gasteiger partial charge on any atom is -0.384 e. The van der Waals surface area contributed by atoms with Gasteiger partial charge in [0.15, 0.2) is 0 Å². The zero-order valence-electron chi connectivity index (χ0n) is 12.5. The highest BCUT2D eigenvalue weighted by atomic mass is 19.1. The Hall–Kier alpha value is -1.58. The number of nitrogen functional groups attached to an aromatic ring is 1. The molecule has 20 heavy (non-hydrogen) atoms. The molecule has 0 aliphatic carbocycles. The first-order chi connectivity index (χ1) is 9.29. The van der Waals surface area contributed by atoms with Crippen LogP contribution in [0, 0.1) is 22.6 Å². The molecule has 1 aliphatic rings. The minimum atomic E-state index is -0.344. The summed E-state index contributed by atoms with van der Waals surface area (Å²) in [7, 11) is 0. The van der Waals surface area contributed by atoms with E-state index in [1.807, 2.05) is 0 Å². The largest absolute Gasteiger partial charge is 0.384 e. The van der Waals surface area contributed by atoms with E-state index in [0.717, 1.165) is 31.6 Å². The molecule has 1 saturated heterocycles. The Balaban J connectivity index is 2.17. The standard InChI is InChI=1S/C16H24FN3/c1-16(2,3)11-6-8-20(9-7-11)14-5-4-12(17)10-13(14)15(18)19/h4-5,10-11H,6-9H2,1-3H3,(H3,18,19). The molecule has 0 spiro atoms. The molecule has 1 heterocycles. The molecule has 0 atom stereocenters. The number of anilines is 1. The van der Waals surface area contributed by atoms with Gasteiger partial charge in [0.1, 0.15) is 11.7 Å². The molecule has 0 saturated carbocycles. The topological polar surface area (TPSA) is 53.1 Å². The molecule has 2 rings (SSSR count). The van der Waals surface area contributed by atoms with Gasteiger partial charge in [-0.25, -0.2) is 4.39 Å². The van der Waals surface area contributed by atoms with Crippen molar-refractivity contribution in [1.29, 1.82) is 5.41 Å².